The number of anilines is 2. The van der Waals surface area contributed by atoms with Crippen molar-refractivity contribution in [3.63, 3.8) is 0 Å². The Balaban J connectivity index is 3.06. The Kier molecular flexibility index (Phi) is 1.88. The van der Waals surface area contributed by atoms with Crippen LogP contribution in [0.4, 0.5) is 11.8 Å². The molecule has 0 aromatic carbocycles. The highest BCUT2D eigenvalue weighted by molar-refractivity contribution is 6.29. The molecule has 0 unspecified atom stereocenters. The van der Waals surface area contributed by atoms with Crippen LogP contribution in [-0.2, 0) is 0 Å². The number of nitrogen functional groups attached to an aromatic ring is 1. The zero-order valence-electron chi connectivity index (χ0n) is 4.87. The van der Waals surface area contributed by atoms with Crippen LogP contribution >= 0.6 is 11.6 Å². The van der Waals surface area contributed by atoms with Crippen LogP contribution in [0.2, 0.25) is 5.15 Å². The van der Waals surface area contributed by atoms with Gasteiger partial charge in [0.25, 0.3) is 0 Å². The smallest absolute Gasteiger partial charge is 0.223 e. The minimum atomic E-state index is 0.0176. The van der Waals surface area contributed by atoms with Gasteiger partial charge in [0.2, 0.25) is 5.95 Å². The highest BCUT2D eigenvalue weighted by atomic mass is 35.5. The van der Waals surface area contributed by atoms with Crippen molar-refractivity contribution in [2.75, 3.05) is 11.2 Å². The summed E-state index contributed by atoms with van der Waals surface area (Å²) in [5, 5.41) is 8.52. The number of hydrogen-bond acceptors (Lipinski definition) is 5. The number of nitrogens with one attached hydrogen (secondary N) is 1. The molecule has 54 valence electrons. The van der Waals surface area contributed by atoms with Gasteiger partial charge in [-0.2, -0.15) is 4.98 Å². The molecule has 10 heavy (non-hydrogen) atoms. The van der Waals surface area contributed by atoms with Gasteiger partial charge in [0.15, 0.2) is 5.82 Å². The molecule has 4 N–H and O–H groups in total. The van der Waals surface area contributed by atoms with Crippen molar-refractivity contribution in [3.05, 3.63) is 11.2 Å². The fourth-order valence-corrected chi connectivity index (χ4v) is 0.682. The molecule has 0 saturated carbocycles. The molecule has 1 heterocycles. The summed E-state index contributed by atoms with van der Waals surface area (Å²) in [6.45, 7) is 0. The number of nitrogens with two attached hydrogens (primary N) is 1. The van der Waals surface area contributed by atoms with Crippen molar-refractivity contribution in [1.29, 1.82) is 0 Å². The zero-order valence-corrected chi connectivity index (χ0v) is 5.63. The SMILES string of the molecule is Nc1nc(Cl)cc(NO)n1. The summed E-state index contributed by atoms with van der Waals surface area (Å²) in [6, 6.07) is 1.35. The number of halogens is 1. The fourth-order valence-electron chi connectivity index (χ4n) is 0.492. The van der Waals surface area contributed by atoms with Crippen LogP contribution in [0.5, 0.6) is 0 Å². The summed E-state index contributed by atoms with van der Waals surface area (Å²) in [6.07, 6.45) is 0. The summed E-state index contributed by atoms with van der Waals surface area (Å²) in [4.78, 5) is 7.14. The Labute approximate surface area is 61.8 Å². The van der Waals surface area contributed by atoms with Crippen molar-refractivity contribution in [2.24, 2.45) is 0 Å². The topological polar surface area (TPSA) is 84.1 Å². The summed E-state index contributed by atoms with van der Waals surface area (Å²) >= 11 is 5.45. The minimum absolute atomic E-state index is 0.0176. The monoisotopic (exact) mass is 160 g/mol. The number of nitrogens with zero attached hydrogens (tertiary/aromatic N) is 2. The van der Waals surface area contributed by atoms with Crippen LogP contribution in [0, 0.1) is 0 Å². The molecule has 1 aromatic rings. The van der Waals surface area contributed by atoms with Gasteiger partial charge in [-0.05, 0) is 0 Å². The van der Waals surface area contributed by atoms with Gasteiger partial charge in [-0.15, -0.1) is 0 Å². The van der Waals surface area contributed by atoms with Crippen molar-refractivity contribution >= 4 is 23.4 Å². The van der Waals surface area contributed by atoms with Crippen LogP contribution in [-0.4, -0.2) is 15.2 Å². The highest BCUT2D eigenvalue weighted by Crippen LogP contribution is 2.10. The molecule has 0 radical (unpaired) electrons. The quantitative estimate of drug-likeness (QED) is 0.412. The number of hydrogen-bond donors (Lipinski definition) is 3. The second kappa shape index (κ2) is 2.68. The van der Waals surface area contributed by atoms with E-state index < -0.39 is 0 Å². The van der Waals surface area contributed by atoms with E-state index in [1.165, 1.54) is 6.07 Å². The summed E-state index contributed by atoms with van der Waals surface area (Å²) in [7, 11) is 0. The second-order valence-corrected chi connectivity index (χ2v) is 1.93. The van der Waals surface area contributed by atoms with E-state index in [1.54, 1.807) is 5.48 Å². The molecule has 0 aliphatic heterocycles. The van der Waals surface area contributed by atoms with Gasteiger partial charge in [0.05, 0.1) is 0 Å². The van der Waals surface area contributed by atoms with E-state index in [2.05, 4.69) is 9.97 Å². The molecular weight excluding hydrogens is 156 g/mol. The van der Waals surface area contributed by atoms with Gasteiger partial charge in [-0.3, -0.25) is 10.7 Å². The molecule has 1 rings (SSSR count). The molecule has 0 fully saturated rings. The van der Waals surface area contributed by atoms with E-state index in [1.807, 2.05) is 0 Å². The number of aromatic nitrogens is 2. The fraction of sp³-hybridized carbons (Fsp3) is 0. The van der Waals surface area contributed by atoms with E-state index in [0.29, 0.717) is 0 Å². The van der Waals surface area contributed by atoms with Crippen molar-refractivity contribution in [1.82, 2.24) is 9.97 Å². The molecule has 0 aliphatic carbocycles. The lowest BCUT2D eigenvalue weighted by molar-refractivity contribution is 0.386. The average Bonchev–Trinajstić information content (AvgIpc) is 1.85. The largest absolute Gasteiger partial charge is 0.368 e. The van der Waals surface area contributed by atoms with E-state index in [9.17, 15) is 0 Å². The van der Waals surface area contributed by atoms with Crippen LogP contribution in [0.1, 0.15) is 0 Å². The van der Waals surface area contributed by atoms with Crippen LogP contribution in [0.15, 0.2) is 6.07 Å². The Morgan fingerprint density at radius 1 is 1.60 bits per heavy atom. The van der Waals surface area contributed by atoms with Crippen LogP contribution in [0.25, 0.3) is 0 Å². The van der Waals surface area contributed by atoms with Crippen molar-refractivity contribution in [2.45, 2.75) is 0 Å². The highest BCUT2D eigenvalue weighted by Gasteiger charge is 1.96. The predicted octanol–water partition coefficient (Wildman–Crippen LogP) is 0.513. The molecule has 1 aromatic heterocycles. The summed E-state index contributed by atoms with van der Waals surface area (Å²) < 4.78 is 0. The van der Waals surface area contributed by atoms with E-state index in [-0.39, 0.29) is 16.9 Å². The molecule has 0 aliphatic rings. The third-order valence-corrected chi connectivity index (χ3v) is 1.02. The Morgan fingerprint density at radius 3 is 2.80 bits per heavy atom. The van der Waals surface area contributed by atoms with Gasteiger partial charge < -0.3 is 5.73 Å². The number of rotatable bonds is 1. The average molecular weight is 161 g/mol. The lowest BCUT2D eigenvalue weighted by Gasteiger charge is -1.97. The van der Waals surface area contributed by atoms with Crippen LogP contribution < -0.4 is 11.2 Å². The molecule has 0 saturated heterocycles. The van der Waals surface area contributed by atoms with Gasteiger partial charge in [0.1, 0.15) is 5.15 Å². The third kappa shape index (κ3) is 1.46. The molecule has 0 bridgehead atoms. The molecule has 0 atom stereocenters. The Hall–Kier alpha value is -1.07. The molecule has 0 spiro atoms. The third-order valence-electron chi connectivity index (χ3n) is 0.827. The maximum Gasteiger partial charge on any atom is 0.223 e. The Morgan fingerprint density at radius 2 is 2.30 bits per heavy atom. The molecule has 6 heteroatoms. The van der Waals surface area contributed by atoms with Gasteiger partial charge in [-0.1, -0.05) is 11.6 Å². The van der Waals surface area contributed by atoms with Gasteiger partial charge in [0, 0.05) is 6.07 Å². The van der Waals surface area contributed by atoms with Gasteiger partial charge >= 0.3 is 0 Å². The van der Waals surface area contributed by atoms with E-state index in [0.717, 1.165) is 0 Å². The minimum Gasteiger partial charge on any atom is -0.368 e. The lowest BCUT2D eigenvalue weighted by Crippen LogP contribution is -1.99. The Bertz CT molecular complexity index is 220. The first-order valence-corrected chi connectivity index (χ1v) is 2.80. The first-order valence-electron chi connectivity index (χ1n) is 2.42. The van der Waals surface area contributed by atoms with E-state index in [4.69, 9.17) is 22.5 Å². The van der Waals surface area contributed by atoms with Crippen molar-refractivity contribution < 1.29 is 5.21 Å². The van der Waals surface area contributed by atoms with E-state index >= 15 is 0 Å². The standard InChI is InChI=1S/C4H5ClN4O/c5-2-1-3(9-10)8-4(6)7-2/h1,10H,(H3,6,7,8,9). The predicted molar refractivity (Wildman–Crippen MR) is 36.9 cm³/mol. The summed E-state index contributed by atoms with van der Waals surface area (Å²) in [5.74, 6) is 0.196. The first-order chi connectivity index (χ1) is 4.72. The lowest BCUT2D eigenvalue weighted by atomic mass is 10.6. The zero-order chi connectivity index (χ0) is 7.56. The van der Waals surface area contributed by atoms with Crippen molar-refractivity contribution in [3.8, 4) is 0 Å². The molecule has 5 nitrogen and oxygen atoms in total. The molecular formula is C4H5ClN4O. The first kappa shape index (κ1) is 7.04. The van der Waals surface area contributed by atoms with Gasteiger partial charge in [-0.25, -0.2) is 4.98 Å². The molecule has 0 amide bonds. The maximum atomic E-state index is 8.33. The maximum absolute atomic E-state index is 8.33. The second-order valence-electron chi connectivity index (χ2n) is 1.55. The normalized spacial score (nSPS) is 9.40. The van der Waals surface area contributed by atoms with Crippen LogP contribution in [0.3, 0.4) is 0 Å². The summed E-state index contributed by atoms with van der Waals surface area (Å²) in [5.41, 5.74) is 6.97.